The number of phenolic OH excluding ortho intramolecular Hbond substituents is 1. The van der Waals surface area contributed by atoms with Gasteiger partial charge in [-0.1, -0.05) is 11.6 Å². The Morgan fingerprint density at radius 2 is 1.77 bits per heavy atom. The molecule has 5 nitrogen and oxygen atoms in total. The number of pyridine rings is 1. The number of benzene rings is 2. The Morgan fingerprint density at radius 1 is 1.06 bits per heavy atom. The summed E-state index contributed by atoms with van der Waals surface area (Å²) in [6.07, 6.45) is 7.28. The van der Waals surface area contributed by atoms with Crippen molar-refractivity contribution in [2.24, 2.45) is 5.92 Å². The highest BCUT2D eigenvalue weighted by molar-refractivity contribution is 6.32. The summed E-state index contributed by atoms with van der Waals surface area (Å²) < 4.78 is 29.3. The zero-order valence-electron chi connectivity index (χ0n) is 19.7. The van der Waals surface area contributed by atoms with Gasteiger partial charge in [0.2, 0.25) is 0 Å². The van der Waals surface area contributed by atoms with Gasteiger partial charge in [0.1, 0.15) is 5.82 Å². The van der Waals surface area contributed by atoms with Gasteiger partial charge < -0.3 is 15.3 Å². The molecule has 2 aromatic carbocycles. The molecule has 0 saturated heterocycles. The molecule has 1 aromatic heterocycles. The minimum atomic E-state index is -0.932. The molecule has 2 aliphatic carbocycles. The molecule has 0 atom stereocenters. The van der Waals surface area contributed by atoms with Gasteiger partial charge in [-0.2, -0.15) is 0 Å². The SMILES string of the molecule is CN(C)[C@H]1CC[C@H](Nc2c(C(=O)C3CC3)cnc3cc(F)c(-c4cc(F)c(O)c(Cl)c4)cc23)CC1. The van der Waals surface area contributed by atoms with Crippen LogP contribution in [0, 0.1) is 17.6 Å². The first kappa shape index (κ1) is 23.9. The minimum absolute atomic E-state index is 0.00389. The second-order valence-corrected chi connectivity index (χ2v) is 10.3. The van der Waals surface area contributed by atoms with Crippen molar-refractivity contribution in [3.05, 3.63) is 52.7 Å². The predicted molar refractivity (Wildman–Crippen MR) is 134 cm³/mol. The molecule has 2 N–H and O–H groups in total. The van der Waals surface area contributed by atoms with Gasteiger partial charge in [0.05, 0.1) is 21.8 Å². The number of carbonyl (C=O) groups is 1. The van der Waals surface area contributed by atoms with Gasteiger partial charge >= 0.3 is 0 Å². The smallest absolute Gasteiger partial charge is 0.170 e. The van der Waals surface area contributed by atoms with E-state index in [4.69, 9.17) is 11.6 Å². The molecule has 0 aliphatic heterocycles. The van der Waals surface area contributed by atoms with E-state index in [1.165, 1.54) is 12.1 Å². The first-order chi connectivity index (χ1) is 16.7. The van der Waals surface area contributed by atoms with E-state index in [0.29, 0.717) is 28.2 Å². The number of Topliss-reactive ketones (excluding diaryl/α,β-unsaturated/α-hetero) is 1. The number of fused-ring (bicyclic) bond motifs is 1. The number of hydrogen-bond donors (Lipinski definition) is 2. The minimum Gasteiger partial charge on any atom is -0.504 e. The molecule has 2 saturated carbocycles. The lowest BCUT2D eigenvalue weighted by Crippen LogP contribution is -2.36. The summed E-state index contributed by atoms with van der Waals surface area (Å²) in [7, 11) is 4.19. The van der Waals surface area contributed by atoms with Crippen LogP contribution in [0.3, 0.4) is 0 Å². The Morgan fingerprint density at radius 3 is 2.40 bits per heavy atom. The Hall–Kier alpha value is -2.77. The second kappa shape index (κ2) is 9.36. The molecule has 2 aliphatic rings. The van der Waals surface area contributed by atoms with Gasteiger partial charge in [0.25, 0.3) is 0 Å². The van der Waals surface area contributed by atoms with Crippen molar-refractivity contribution in [3.63, 3.8) is 0 Å². The van der Waals surface area contributed by atoms with Gasteiger partial charge in [0.15, 0.2) is 17.3 Å². The summed E-state index contributed by atoms with van der Waals surface area (Å²) in [5, 5.41) is 13.7. The lowest BCUT2D eigenvalue weighted by molar-refractivity contribution is 0.0968. The average Bonchev–Trinajstić information content (AvgIpc) is 3.67. The number of aromatic nitrogens is 1. The van der Waals surface area contributed by atoms with Crippen LogP contribution in [0.15, 0.2) is 30.5 Å². The van der Waals surface area contributed by atoms with Crippen molar-refractivity contribution in [1.29, 1.82) is 0 Å². The van der Waals surface area contributed by atoms with Crippen LogP contribution in [0.1, 0.15) is 48.9 Å². The van der Waals surface area contributed by atoms with Crippen molar-refractivity contribution < 1.29 is 18.7 Å². The molecule has 0 radical (unpaired) electrons. The summed E-state index contributed by atoms with van der Waals surface area (Å²) >= 11 is 5.96. The Kier molecular flexibility index (Phi) is 6.40. The number of anilines is 1. The number of ketones is 1. The van der Waals surface area contributed by atoms with E-state index in [0.717, 1.165) is 44.6 Å². The third-order valence-corrected chi connectivity index (χ3v) is 7.56. The van der Waals surface area contributed by atoms with Crippen LogP contribution in [-0.4, -0.2) is 47.0 Å². The summed E-state index contributed by atoms with van der Waals surface area (Å²) in [6.45, 7) is 0. The van der Waals surface area contributed by atoms with Gasteiger partial charge in [-0.15, -0.1) is 0 Å². The molecule has 0 amide bonds. The highest BCUT2D eigenvalue weighted by atomic mass is 35.5. The van der Waals surface area contributed by atoms with Gasteiger partial charge in [-0.3, -0.25) is 9.78 Å². The zero-order valence-corrected chi connectivity index (χ0v) is 20.5. The molecule has 184 valence electrons. The zero-order chi connectivity index (χ0) is 24.9. The van der Waals surface area contributed by atoms with Crippen LogP contribution in [0.2, 0.25) is 5.02 Å². The van der Waals surface area contributed by atoms with E-state index in [-0.39, 0.29) is 33.9 Å². The third-order valence-electron chi connectivity index (χ3n) is 7.27. The Labute approximate surface area is 208 Å². The summed E-state index contributed by atoms with van der Waals surface area (Å²) in [5.41, 5.74) is 1.90. The molecular weight excluding hydrogens is 472 g/mol. The van der Waals surface area contributed by atoms with Crippen LogP contribution < -0.4 is 5.32 Å². The lowest BCUT2D eigenvalue weighted by Gasteiger charge is -2.34. The van der Waals surface area contributed by atoms with Gasteiger partial charge in [0, 0.05) is 41.2 Å². The summed E-state index contributed by atoms with van der Waals surface area (Å²) in [4.78, 5) is 19.8. The molecule has 2 fully saturated rings. The Bertz CT molecular complexity index is 1280. The highest BCUT2D eigenvalue weighted by Gasteiger charge is 2.33. The monoisotopic (exact) mass is 499 g/mol. The Balaban J connectivity index is 1.60. The van der Waals surface area contributed by atoms with Crippen molar-refractivity contribution in [3.8, 4) is 16.9 Å². The van der Waals surface area contributed by atoms with Crippen molar-refractivity contribution >= 4 is 34.0 Å². The first-order valence-electron chi connectivity index (χ1n) is 12.0. The molecule has 0 spiro atoms. The van der Waals surface area contributed by atoms with Crippen LogP contribution in [-0.2, 0) is 0 Å². The quantitative estimate of drug-likeness (QED) is 0.383. The number of hydrogen-bond acceptors (Lipinski definition) is 5. The highest BCUT2D eigenvalue weighted by Crippen LogP contribution is 2.40. The predicted octanol–water partition coefficient (Wildman–Crippen LogP) is 6.42. The van der Waals surface area contributed by atoms with Crippen LogP contribution >= 0.6 is 11.6 Å². The standard InChI is InChI=1S/C27H28ClF2N3O2/c1-33(2)17-7-5-16(6-8-17)32-25-19-11-18(15-9-21(28)27(35)23(30)10-15)22(29)12-24(19)31-13-20(25)26(34)14-3-4-14/h9-14,16-17,35H,3-8H2,1-2H3,(H,31,32)/t16-,17-. The topological polar surface area (TPSA) is 65.5 Å². The molecule has 1 heterocycles. The summed E-state index contributed by atoms with van der Waals surface area (Å²) in [5.74, 6) is -2.15. The largest absolute Gasteiger partial charge is 0.504 e. The molecule has 5 rings (SSSR count). The van der Waals surface area contributed by atoms with Gasteiger partial charge in [-0.05, 0) is 76.4 Å². The maximum atomic E-state index is 15.1. The number of nitrogens with zero attached hydrogens (tertiary/aromatic N) is 2. The maximum Gasteiger partial charge on any atom is 0.170 e. The molecule has 3 aromatic rings. The molecule has 0 unspecified atom stereocenters. The third kappa shape index (κ3) is 4.71. The van der Waals surface area contributed by atoms with Crippen molar-refractivity contribution in [2.75, 3.05) is 19.4 Å². The van der Waals surface area contributed by atoms with Crippen molar-refractivity contribution in [1.82, 2.24) is 9.88 Å². The number of halogens is 3. The fraction of sp³-hybridized carbons (Fsp3) is 0.407. The van der Waals surface area contributed by atoms with E-state index in [9.17, 15) is 14.3 Å². The molecule has 8 heteroatoms. The van der Waals surface area contributed by atoms with E-state index in [1.54, 1.807) is 12.3 Å². The van der Waals surface area contributed by atoms with E-state index in [2.05, 4.69) is 29.3 Å². The second-order valence-electron chi connectivity index (χ2n) is 9.94. The summed E-state index contributed by atoms with van der Waals surface area (Å²) in [6, 6.07) is 5.97. The molecular formula is C27H28ClF2N3O2. The van der Waals surface area contributed by atoms with E-state index >= 15 is 4.39 Å². The van der Waals surface area contributed by atoms with Crippen molar-refractivity contribution in [2.45, 2.75) is 50.6 Å². The normalized spacial score (nSPS) is 20.4. The van der Waals surface area contributed by atoms with Gasteiger partial charge in [-0.25, -0.2) is 8.78 Å². The lowest BCUT2D eigenvalue weighted by atomic mass is 9.89. The number of carbonyl (C=O) groups excluding carboxylic acids is 1. The molecule has 0 bridgehead atoms. The molecule has 35 heavy (non-hydrogen) atoms. The van der Waals surface area contributed by atoms with E-state index < -0.39 is 17.4 Å². The van der Waals surface area contributed by atoms with Crippen LogP contribution in [0.25, 0.3) is 22.0 Å². The first-order valence-corrected chi connectivity index (χ1v) is 12.4. The maximum absolute atomic E-state index is 15.1. The van der Waals surface area contributed by atoms with E-state index in [1.807, 2.05) is 0 Å². The number of aromatic hydroxyl groups is 1. The number of nitrogens with one attached hydrogen (secondary N) is 1. The fourth-order valence-electron chi connectivity index (χ4n) is 5.00. The fourth-order valence-corrected chi connectivity index (χ4v) is 5.21. The van der Waals surface area contributed by atoms with Crippen LogP contribution in [0.5, 0.6) is 5.75 Å². The number of phenols is 1. The number of rotatable bonds is 6. The average molecular weight is 500 g/mol. The van der Waals surface area contributed by atoms with Crippen LogP contribution in [0.4, 0.5) is 14.5 Å².